The summed E-state index contributed by atoms with van der Waals surface area (Å²) in [5.74, 6) is 0. The molecular formula is C17H26N2O3S. The number of hydrogen-bond donors (Lipinski definition) is 2. The number of sulfonamides is 1. The van der Waals surface area contributed by atoms with Crippen LogP contribution < -0.4 is 10.0 Å². The molecule has 1 aromatic rings. The van der Waals surface area contributed by atoms with E-state index in [0.717, 1.165) is 18.6 Å². The molecule has 0 saturated heterocycles. The van der Waals surface area contributed by atoms with Crippen LogP contribution in [0.2, 0.25) is 0 Å². The number of nitrogens with one attached hydrogen (secondary N) is 2. The Hall–Kier alpha value is -0.950. The molecule has 2 fully saturated rings. The van der Waals surface area contributed by atoms with E-state index in [-0.39, 0.29) is 0 Å². The maximum atomic E-state index is 11.9. The minimum atomic E-state index is -3.38. The Bertz CT molecular complexity index is 656. The second kappa shape index (κ2) is 6.51. The summed E-state index contributed by atoms with van der Waals surface area (Å²) < 4.78 is 32.0. The minimum absolute atomic E-state index is 0.318. The molecule has 2 atom stereocenters. The molecule has 0 heterocycles. The molecule has 23 heavy (non-hydrogen) atoms. The molecule has 0 radical (unpaired) electrons. The summed E-state index contributed by atoms with van der Waals surface area (Å²) >= 11 is 0. The van der Waals surface area contributed by atoms with Crippen molar-refractivity contribution >= 4 is 10.0 Å². The van der Waals surface area contributed by atoms with Gasteiger partial charge in [0.15, 0.2) is 0 Å². The Morgan fingerprint density at radius 1 is 1.35 bits per heavy atom. The molecule has 0 bridgehead atoms. The van der Waals surface area contributed by atoms with Gasteiger partial charge >= 0.3 is 0 Å². The Kier molecular flexibility index (Phi) is 4.78. The zero-order valence-corrected chi connectivity index (χ0v) is 14.7. The average Bonchev–Trinajstić information content (AvgIpc) is 2.48. The molecule has 0 aliphatic heterocycles. The summed E-state index contributed by atoms with van der Waals surface area (Å²) in [6.45, 7) is 3.53. The molecule has 2 saturated carbocycles. The maximum absolute atomic E-state index is 11.9. The number of hydrogen-bond acceptors (Lipinski definition) is 4. The van der Waals surface area contributed by atoms with Crippen LogP contribution in [0.3, 0.4) is 0 Å². The van der Waals surface area contributed by atoms with E-state index >= 15 is 0 Å². The van der Waals surface area contributed by atoms with E-state index in [1.165, 1.54) is 26.3 Å². The summed E-state index contributed by atoms with van der Waals surface area (Å²) in [6, 6.07) is 7.61. The van der Waals surface area contributed by atoms with Crippen molar-refractivity contribution in [2.24, 2.45) is 5.41 Å². The van der Waals surface area contributed by atoms with E-state index in [1.807, 2.05) is 6.07 Å². The molecule has 5 nitrogen and oxygen atoms in total. The van der Waals surface area contributed by atoms with E-state index < -0.39 is 10.0 Å². The van der Waals surface area contributed by atoms with Crippen LogP contribution in [0.5, 0.6) is 0 Å². The van der Waals surface area contributed by atoms with E-state index in [2.05, 4.69) is 17.0 Å². The molecule has 2 N–H and O–H groups in total. The zero-order chi connectivity index (χ0) is 16.5. The molecule has 3 rings (SSSR count). The van der Waals surface area contributed by atoms with Crippen LogP contribution in [-0.4, -0.2) is 34.2 Å². The molecule has 1 spiro atoms. The van der Waals surface area contributed by atoms with Crippen molar-refractivity contribution in [2.75, 3.05) is 13.7 Å². The number of rotatable bonds is 7. The summed E-state index contributed by atoms with van der Waals surface area (Å²) in [7, 11) is -1.95. The second-order valence-corrected chi connectivity index (χ2v) is 8.44. The maximum Gasteiger partial charge on any atom is 0.240 e. The summed E-state index contributed by atoms with van der Waals surface area (Å²) in [4.78, 5) is 0.318. The molecule has 2 aliphatic carbocycles. The highest BCUT2D eigenvalue weighted by Crippen LogP contribution is 2.57. The number of ether oxygens (including phenoxy) is 1. The predicted octanol–water partition coefficient (Wildman–Crippen LogP) is 2.03. The highest BCUT2D eigenvalue weighted by Gasteiger charge is 2.58. The standard InChI is InChI=1S/C17H26N2O3S/c1-3-22-16-11-15(17(16)8-5-9-17)19-12-13-6-4-7-14(10-13)23(20,21)18-2/h4,6-7,10,15-16,18-19H,3,5,8-9,11-12H2,1-2H3. The fourth-order valence-corrected chi connectivity index (χ4v) is 4.71. The Labute approximate surface area is 138 Å². The minimum Gasteiger partial charge on any atom is -0.378 e. The zero-order valence-electron chi connectivity index (χ0n) is 13.8. The lowest BCUT2D eigenvalue weighted by molar-refractivity contribution is -0.173. The van der Waals surface area contributed by atoms with Crippen LogP contribution in [0, 0.1) is 5.41 Å². The molecule has 0 amide bonds. The van der Waals surface area contributed by atoms with Crippen LogP contribution in [0.15, 0.2) is 29.2 Å². The lowest BCUT2D eigenvalue weighted by atomic mass is 9.51. The molecule has 2 aliphatic rings. The second-order valence-electron chi connectivity index (χ2n) is 6.55. The van der Waals surface area contributed by atoms with Gasteiger partial charge in [0.05, 0.1) is 11.0 Å². The summed E-state index contributed by atoms with van der Waals surface area (Å²) in [5.41, 5.74) is 1.32. The van der Waals surface area contributed by atoms with Crippen LogP contribution in [0.25, 0.3) is 0 Å². The van der Waals surface area contributed by atoms with Crippen molar-refractivity contribution in [1.29, 1.82) is 0 Å². The van der Waals surface area contributed by atoms with Crippen molar-refractivity contribution in [2.45, 2.75) is 56.2 Å². The van der Waals surface area contributed by atoms with Gasteiger partial charge in [-0.1, -0.05) is 18.6 Å². The monoisotopic (exact) mass is 338 g/mol. The van der Waals surface area contributed by atoms with E-state index in [0.29, 0.717) is 29.0 Å². The quantitative estimate of drug-likeness (QED) is 0.798. The van der Waals surface area contributed by atoms with Crippen molar-refractivity contribution in [3.05, 3.63) is 29.8 Å². The largest absolute Gasteiger partial charge is 0.378 e. The first kappa shape index (κ1) is 16.9. The Balaban J connectivity index is 1.62. The summed E-state index contributed by atoms with van der Waals surface area (Å²) in [5, 5.41) is 3.62. The molecule has 2 unspecified atom stereocenters. The third-order valence-electron chi connectivity index (χ3n) is 5.47. The molecule has 0 aromatic heterocycles. The first-order valence-corrected chi connectivity index (χ1v) is 9.87. The van der Waals surface area contributed by atoms with Gasteiger partial charge in [-0.25, -0.2) is 13.1 Å². The predicted molar refractivity (Wildman–Crippen MR) is 89.6 cm³/mol. The van der Waals surface area contributed by atoms with Gasteiger partial charge in [-0.05, 0) is 50.9 Å². The highest BCUT2D eigenvalue weighted by atomic mass is 32.2. The van der Waals surface area contributed by atoms with Crippen LogP contribution in [0.4, 0.5) is 0 Å². The third-order valence-corrected chi connectivity index (χ3v) is 6.88. The van der Waals surface area contributed by atoms with Gasteiger partial charge in [0.25, 0.3) is 0 Å². The lowest BCUT2D eigenvalue weighted by Gasteiger charge is -2.61. The van der Waals surface area contributed by atoms with Crippen LogP contribution in [0.1, 0.15) is 38.2 Å². The highest BCUT2D eigenvalue weighted by molar-refractivity contribution is 7.89. The third kappa shape index (κ3) is 3.05. The Morgan fingerprint density at radius 3 is 2.74 bits per heavy atom. The number of benzene rings is 1. The first-order valence-electron chi connectivity index (χ1n) is 8.39. The fraction of sp³-hybridized carbons (Fsp3) is 0.647. The van der Waals surface area contributed by atoms with E-state index in [1.54, 1.807) is 18.2 Å². The fourth-order valence-electron chi connectivity index (χ4n) is 3.91. The SMILES string of the molecule is CCOC1CC(NCc2cccc(S(=O)(=O)NC)c2)C12CCC2. The van der Waals surface area contributed by atoms with Gasteiger partial charge in [0.2, 0.25) is 10.0 Å². The van der Waals surface area contributed by atoms with Crippen molar-refractivity contribution in [1.82, 2.24) is 10.0 Å². The van der Waals surface area contributed by atoms with Crippen molar-refractivity contribution < 1.29 is 13.2 Å². The summed E-state index contributed by atoms with van der Waals surface area (Å²) in [6.07, 6.45) is 5.22. The van der Waals surface area contributed by atoms with Crippen molar-refractivity contribution in [3.63, 3.8) is 0 Å². The van der Waals surface area contributed by atoms with E-state index in [9.17, 15) is 8.42 Å². The lowest BCUT2D eigenvalue weighted by Crippen LogP contribution is -2.66. The smallest absolute Gasteiger partial charge is 0.240 e. The average molecular weight is 338 g/mol. The normalized spacial score (nSPS) is 25.8. The van der Waals surface area contributed by atoms with Gasteiger partial charge in [0, 0.05) is 24.6 Å². The Morgan fingerprint density at radius 2 is 2.13 bits per heavy atom. The topological polar surface area (TPSA) is 67.4 Å². The molecule has 128 valence electrons. The molecule has 6 heteroatoms. The molecule has 1 aromatic carbocycles. The van der Waals surface area contributed by atoms with Crippen molar-refractivity contribution in [3.8, 4) is 0 Å². The van der Waals surface area contributed by atoms with Gasteiger partial charge in [-0.3, -0.25) is 0 Å². The van der Waals surface area contributed by atoms with Gasteiger partial charge in [-0.15, -0.1) is 0 Å². The van der Waals surface area contributed by atoms with Gasteiger partial charge in [0.1, 0.15) is 0 Å². The van der Waals surface area contributed by atoms with Gasteiger partial charge in [-0.2, -0.15) is 0 Å². The first-order chi connectivity index (χ1) is 11.0. The van der Waals surface area contributed by atoms with Crippen LogP contribution in [-0.2, 0) is 21.3 Å². The molecular weight excluding hydrogens is 312 g/mol. The van der Waals surface area contributed by atoms with Gasteiger partial charge < -0.3 is 10.1 Å². The van der Waals surface area contributed by atoms with Crippen LogP contribution >= 0.6 is 0 Å². The van der Waals surface area contributed by atoms with E-state index in [4.69, 9.17) is 4.74 Å².